The van der Waals surface area contributed by atoms with Crippen molar-refractivity contribution in [2.24, 2.45) is 0 Å². The Morgan fingerprint density at radius 2 is 2.30 bits per heavy atom. The zero-order valence-corrected chi connectivity index (χ0v) is 12.6. The van der Waals surface area contributed by atoms with Crippen LogP contribution in [0.5, 0.6) is 0 Å². The van der Waals surface area contributed by atoms with E-state index in [1.54, 1.807) is 4.90 Å². The Labute approximate surface area is 119 Å². The van der Waals surface area contributed by atoms with Crippen LogP contribution in [-0.2, 0) is 4.74 Å². The third kappa shape index (κ3) is 3.72. The number of oxazole rings is 1. The minimum atomic E-state index is -0.478. The molecule has 112 valence electrons. The highest BCUT2D eigenvalue weighted by Gasteiger charge is 2.29. The third-order valence-electron chi connectivity index (χ3n) is 3.20. The van der Waals surface area contributed by atoms with Crippen molar-refractivity contribution in [2.45, 2.75) is 39.2 Å². The molecule has 20 heavy (non-hydrogen) atoms. The molecule has 0 radical (unpaired) electrons. The molecule has 1 aliphatic rings. The Balaban J connectivity index is 2.07. The lowest BCUT2D eigenvalue weighted by molar-refractivity contribution is 0.0252. The van der Waals surface area contributed by atoms with E-state index in [2.05, 4.69) is 10.3 Å². The molecule has 1 aromatic heterocycles. The van der Waals surface area contributed by atoms with Crippen LogP contribution in [0.2, 0.25) is 0 Å². The molecule has 1 fully saturated rings. The number of carbonyl (C=O) groups is 1. The summed E-state index contributed by atoms with van der Waals surface area (Å²) in [6.07, 6.45) is 1.18. The Bertz CT molecular complexity index is 464. The maximum Gasteiger partial charge on any atom is 0.410 e. The van der Waals surface area contributed by atoms with Gasteiger partial charge in [0, 0.05) is 32.1 Å². The molecule has 1 atom stereocenters. The molecule has 6 heteroatoms. The fourth-order valence-electron chi connectivity index (χ4n) is 2.28. The van der Waals surface area contributed by atoms with Gasteiger partial charge >= 0.3 is 6.09 Å². The van der Waals surface area contributed by atoms with E-state index < -0.39 is 5.60 Å². The van der Waals surface area contributed by atoms with Gasteiger partial charge in [-0.2, -0.15) is 0 Å². The van der Waals surface area contributed by atoms with Crippen molar-refractivity contribution in [3.8, 4) is 0 Å². The summed E-state index contributed by atoms with van der Waals surface area (Å²) in [7, 11) is 0. The molecule has 0 bridgehead atoms. The number of hydrogen-bond donors (Lipinski definition) is 1. The van der Waals surface area contributed by atoms with Crippen molar-refractivity contribution in [3.05, 3.63) is 17.8 Å². The van der Waals surface area contributed by atoms with Gasteiger partial charge in [0.15, 0.2) is 6.39 Å². The van der Waals surface area contributed by atoms with Crippen molar-refractivity contribution >= 4 is 6.09 Å². The largest absolute Gasteiger partial charge is 0.448 e. The van der Waals surface area contributed by atoms with Crippen molar-refractivity contribution in [3.63, 3.8) is 0 Å². The Morgan fingerprint density at radius 3 is 2.90 bits per heavy atom. The fraction of sp³-hybridized carbons (Fsp3) is 0.714. The minimum absolute atomic E-state index is 0.104. The van der Waals surface area contributed by atoms with Gasteiger partial charge in [0.2, 0.25) is 0 Å². The van der Waals surface area contributed by atoms with Crippen LogP contribution in [0, 0.1) is 6.92 Å². The minimum Gasteiger partial charge on any atom is -0.448 e. The summed E-state index contributed by atoms with van der Waals surface area (Å²) >= 11 is 0. The predicted octanol–water partition coefficient (Wildman–Crippen LogP) is 1.91. The van der Waals surface area contributed by atoms with E-state index >= 15 is 0 Å². The number of aryl methyl sites for hydroxylation is 1. The van der Waals surface area contributed by atoms with Crippen LogP contribution in [0.4, 0.5) is 4.79 Å². The highest BCUT2D eigenvalue weighted by Crippen LogP contribution is 2.22. The molecule has 2 heterocycles. The van der Waals surface area contributed by atoms with Crippen molar-refractivity contribution in [1.82, 2.24) is 15.2 Å². The standard InChI is InChI=1S/C14H23N3O3/c1-10-12(19-9-16-10)11-7-15-5-6-17(8-11)13(18)20-14(2,3)4/h9,11,15H,5-8H2,1-4H3. The molecule has 0 aliphatic carbocycles. The summed E-state index contributed by atoms with van der Waals surface area (Å²) in [6.45, 7) is 10.3. The van der Waals surface area contributed by atoms with Crippen LogP contribution < -0.4 is 5.32 Å². The zero-order chi connectivity index (χ0) is 14.8. The van der Waals surface area contributed by atoms with Crippen LogP contribution in [0.1, 0.15) is 38.1 Å². The van der Waals surface area contributed by atoms with E-state index in [0.29, 0.717) is 13.1 Å². The topological polar surface area (TPSA) is 67.6 Å². The Hall–Kier alpha value is -1.56. The SMILES string of the molecule is Cc1ncoc1C1CNCCN(C(=O)OC(C)(C)C)C1. The van der Waals surface area contributed by atoms with Crippen LogP contribution in [0.15, 0.2) is 10.8 Å². The molecule has 6 nitrogen and oxygen atoms in total. The van der Waals surface area contributed by atoms with Gasteiger partial charge in [-0.25, -0.2) is 9.78 Å². The van der Waals surface area contributed by atoms with Gasteiger partial charge in [-0.3, -0.25) is 0 Å². The second-order valence-corrected chi connectivity index (χ2v) is 6.13. The maximum atomic E-state index is 12.2. The van der Waals surface area contributed by atoms with E-state index in [0.717, 1.165) is 24.5 Å². The van der Waals surface area contributed by atoms with E-state index in [4.69, 9.17) is 9.15 Å². The highest BCUT2D eigenvalue weighted by atomic mass is 16.6. The molecule has 0 saturated carbocycles. The normalized spacial score (nSPS) is 20.6. The average Bonchev–Trinajstić information content (AvgIpc) is 2.62. The van der Waals surface area contributed by atoms with Crippen LogP contribution in [0.25, 0.3) is 0 Å². The highest BCUT2D eigenvalue weighted by molar-refractivity contribution is 5.68. The molecule has 1 saturated heterocycles. The molecule has 1 amide bonds. The second-order valence-electron chi connectivity index (χ2n) is 6.13. The van der Waals surface area contributed by atoms with E-state index in [1.807, 2.05) is 27.7 Å². The van der Waals surface area contributed by atoms with Gasteiger partial charge in [-0.15, -0.1) is 0 Å². The van der Waals surface area contributed by atoms with E-state index in [1.165, 1.54) is 6.39 Å². The number of ether oxygens (including phenoxy) is 1. The smallest absolute Gasteiger partial charge is 0.410 e. The summed E-state index contributed by atoms with van der Waals surface area (Å²) in [5.74, 6) is 0.945. The lowest BCUT2D eigenvalue weighted by atomic mass is 10.1. The number of nitrogens with zero attached hydrogens (tertiary/aromatic N) is 2. The van der Waals surface area contributed by atoms with Gasteiger partial charge in [0.1, 0.15) is 11.4 Å². The summed E-state index contributed by atoms with van der Waals surface area (Å²) < 4.78 is 10.9. The van der Waals surface area contributed by atoms with E-state index in [9.17, 15) is 4.79 Å². The lowest BCUT2D eigenvalue weighted by Crippen LogP contribution is -2.39. The molecular formula is C14H23N3O3. The van der Waals surface area contributed by atoms with Crippen LogP contribution >= 0.6 is 0 Å². The van der Waals surface area contributed by atoms with Gasteiger partial charge in [-0.1, -0.05) is 0 Å². The first-order valence-electron chi connectivity index (χ1n) is 6.95. The summed E-state index contributed by atoms with van der Waals surface area (Å²) in [5.41, 5.74) is 0.400. The molecule has 0 spiro atoms. The first kappa shape index (κ1) is 14.8. The average molecular weight is 281 g/mol. The monoisotopic (exact) mass is 281 g/mol. The molecule has 1 aromatic rings. The second kappa shape index (κ2) is 5.83. The number of hydrogen-bond acceptors (Lipinski definition) is 5. The van der Waals surface area contributed by atoms with Gasteiger partial charge in [0.05, 0.1) is 5.69 Å². The summed E-state index contributed by atoms with van der Waals surface area (Å²) in [6, 6.07) is 0. The number of aromatic nitrogens is 1. The lowest BCUT2D eigenvalue weighted by Gasteiger charge is -2.27. The molecule has 2 rings (SSSR count). The van der Waals surface area contributed by atoms with Crippen molar-refractivity contribution in [2.75, 3.05) is 26.2 Å². The molecule has 0 aromatic carbocycles. The number of carbonyl (C=O) groups excluding carboxylic acids is 1. The number of amides is 1. The van der Waals surface area contributed by atoms with Crippen molar-refractivity contribution in [1.29, 1.82) is 0 Å². The predicted molar refractivity (Wildman–Crippen MR) is 74.7 cm³/mol. The zero-order valence-electron chi connectivity index (χ0n) is 12.6. The summed E-state index contributed by atoms with van der Waals surface area (Å²) in [5, 5.41) is 3.32. The number of rotatable bonds is 1. The van der Waals surface area contributed by atoms with Gasteiger partial charge < -0.3 is 19.4 Å². The van der Waals surface area contributed by atoms with E-state index in [-0.39, 0.29) is 12.0 Å². The summed E-state index contributed by atoms with van der Waals surface area (Å²) in [4.78, 5) is 18.1. The Morgan fingerprint density at radius 1 is 1.55 bits per heavy atom. The van der Waals surface area contributed by atoms with Gasteiger partial charge in [0.25, 0.3) is 0 Å². The quantitative estimate of drug-likeness (QED) is 0.851. The third-order valence-corrected chi connectivity index (χ3v) is 3.20. The molecule has 1 N–H and O–H groups in total. The Kier molecular flexibility index (Phi) is 4.32. The fourth-order valence-corrected chi connectivity index (χ4v) is 2.28. The first-order chi connectivity index (χ1) is 9.37. The van der Waals surface area contributed by atoms with Gasteiger partial charge in [-0.05, 0) is 27.7 Å². The maximum absolute atomic E-state index is 12.2. The number of nitrogens with one attached hydrogen (secondary N) is 1. The first-order valence-corrected chi connectivity index (χ1v) is 6.95. The van der Waals surface area contributed by atoms with Crippen LogP contribution in [-0.4, -0.2) is 47.8 Å². The molecular weight excluding hydrogens is 258 g/mol. The van der Waals surface area contributed by atoms with Crippen molar-refractivity contribution < 1.29 is 13.9 Å². The van der Waals surface area contributed by atoms with Crippen LogP contribution in [0.3, 0.4) is 0 Å². The molecule has 1 aliphatic heterocycles. The molecule has 1 unspecified atom stereocenters.